The molecule has 0 aliphatic rings. The van der Waals surface area contributed by atoms with Gasteiger partial charge in [-0.2, -0.15) is 9.97 Å². The number of nitrogens with two attached hydrogens (primary N) is 3. The van der Waals surface area contributed by atoms with Crippen LogP contribution in [0.1, 0.15) is 13.8 Å². The number of aliphatic hydroxyl groups is 1. The molecule has 0 bridgehead atoms. The van der Waals surface area contributed by atoms with Crippen molar-refractivity contribution < 1.29 is 24.1 Å². The first-order valence-electron chi connectivity index (χ1n) is 11.7. The SMILES string of the molecule is CC(C)[C@H](N)C(=O)OCCOCn1cnc2c(=O)[nH]c(N)nc21.Nc1nc2c(ncn2COCCO)c(=O)[nH]1. The van der Waals surface area contributed by atoms with Crippen molar-refractivity contribution in [2.75, 3.05) is 37.9 Å². The Balaban J connectivity index is 0.000000230. The van der Waals surface area contributed by atoms with E-state index in [0.717, 1.165) is 0 Å². The number of aromatic amines is 2. The number of hydrogen-bond donors (Lipinski definition) is 6. The summed E-state index contributed by atoms with van der Waals surface area (Å²) in [6.45, 7) is 4.34. The molecule has 9 N–H and O–H groups in total. The summed E-state index contributed by atoms with van der Waals surface area (Å²) in [5.74, 6) is -0.421. The molecule has 0 aliphatic heterocycles. The molecule has 4 heterocycles. The van der Waals surface area contributed by atoms with Crippen LogP contribution in [0.15, 0.2) is 22.2 Å². The van der Waals surface area contributed by atoms with E-state index in [-0.39, 0.29) is 74.3 Å². The number of fused-ring (bicyclic) bond motifs is 2. The van der Waals surface area contributed by atoms with Gasteiger partial charge in [0.15, 0.2) is 22.3 Å². The molecule has 0 aliphatic carbocycles. The van der Waals surface area contributed by atoms with E-state index in [2.05, 4.69) is 29.9 Å². The summed E-state index contributed by atoms with van der Waals surface area (Å²) in [7, 11) is 0. The number of esters is 1. The third-order valence-electron chi connectivity index (χ3n) is 5.14. The van der Waals surface area contributed by atoms with E-state index in [9.17, 15) is 14.4 Å². The number of nitrogen functional groups attached to an aromatic ring is 2. The van der Waals surface area contributed by atoms with E-state index in [1.165, 1.54) is 21.8 Å². The molecular formula is C21H31N11O7. The van der Waals surface area contributed by atoms with Gasteiger partial charge in [0.25, 0.3) is 11.1 Å². The molecule has 0 saturated carbocycles. The lowest BCUT2D eigenvalue weighted by Gasteiger charge is -2.14. The van der Waals surface area contributed by atoms with Gasteiger partial charge >= 0.3 is 5.97 Å². The van der Waals surface area contributed by atoms with Gasteiger partial charge in [0.1, 0.15) is 26.1 Å². The van der Waals surface area contributed by atoms with E-state index in [0.29, 0.717) is 11.3 Å². The molecule has 0 fully saturated rings. The molecule has 0 saturated heterocycles. The van der Waals surface area contributed by atoms with E-state index in [1.54, 1.807) is 0 Å². The van der Waals surface area contributed by atoms with Gasteiger partial charge in [-0.05, 0) is 5.92 Å². The fourth-order valence-corrected chi connectivity index (χ4v) is 3.09. The monoisotopic (exact) mass is 549 g/mol. The number of rotatable bonds is 11. The van der Waals surface area contributed by atoms with Crippen LogP contribution < -0.4 is 28.3 Å². The third-order valence-corrected chi connectivity index (χ3v) is 5.14. The molecule has 4 aromatic rings. The normalized spacial score (nSPS) is 12.0. The molecule has 4 rings (SSSR count). The summed E-state index contributed by atoms with van der Waals surface area (Å²) in [4.78, 5) is 55.1. The maximum Gasteiger partial charge on any atom is 0.323 e. The van der Waals surface area contributed by atoms with E-state index < -0.39 is 17.6 Å². The second-order valence-electron chi connectivity index (χ2n) is 8.41. The van der Waals surface area contributed by atoms with Crippen LogP contribution in [-0.4, -0.2) is 82.6 Å². The molecule has 212 valence electrons. The van der Waals surface area contributed by atoms with Crippen molar-refractivity contribution in [3.8, 4) is 0 Å². The highest BCUT2D eigenvalue weighted by atomic mass is 16.6. The number of aromatic nitrogens is 8. The number of carbonyl (C=O) groups excluding carboxylic acids is 1. The number of anilines is 2. The summed E-state index contributed by atoms with van der Waals surface area (Å²) >= 11 is 0. The van der Waals surface area contributed by atoms with Crippen LogP contribution in [0.3, 0.4) is 0 Å². The number of carbonyl (C=O) groups is 1. The van der Waals surface area contributed by atoms with Gasteiger partial charge in [0.05, 0.1) is 32.5 Å². The van der Waals surface area contributed by atoms with Crippen LogP contribution in [0.5, 0.6) is 0 Å². The molecule has 0 unspecified atom stereocenters. The topological polar surface area (TPSA) is 270 Å². The minimum atomic E-state index is -0.647. The van der Waals surface area contributed by atoms with Crippen LogP contribution in [0, 0.1) is 5.92 Å². The minimum absolute atomic E-state index is 0.000790. The van der Waals surface area contributed by atoms with Gasteiger partial charge in [0.2, 0.25) is 11.9 Å². The minimum Gasteiger partial charge on any atom is -0.462 e. The van der Waals surface area contributed by atoms with Crippen LogP contribution >= 0.6 is 0 Å². The highest BCUT2D eigenvalue weighted by Gasteiger charge is 2.18. The lowest BCUT2D eigenvalue weighted by atomic mass is 10.1. The molecule has 18 heteroatoms. The van der Waals surface area contributed by atoms with E-state index >= 15 is 0 Å². The zero-order valence-corrected chi connectivity index (χ0v) is 21.4. The predicted molar refractivity (Wildman–Crippen MR) is 138 cm³/mol. The summed E-state index contributed by atoms with van der Waals surface area (Å²) in [5.41, 5.74) is 16.9. The van der Waals surface area contributed by atoms with Gasteiger partial charge in [0, 0.05) is 0 Å². The zero-order chi connectivity index (χ0) is 28.5. The Morgan fingerprint density at radius 3 is 1.87 bits per heavy atom. The molecule has 0 amide bonds. The van der Waals surface area contributed by atoms with Gasteiger partial charge in [-0.3, -0.25) is 33.5 Å². The number of nitrogens with zero attached hydrogens (tertiary/aromatic N) is 6. The smallest absolute Gasteiger partial charge is 0.323 e. The second-order valence-corrected chi connectivity index (χ2v) is 8.41. The fraction of sp³-hybridized carbons (Fsp3) is 0.476. The first-order chi connectivity index (χ1) is 18.6. The van der Waals surface area contributed by atoms with Crippen molar-refractivity contribution in [3.05, 3.63) is 33.4 Å². The van der Waals surface area contributed by atoms with Gasteiger partial charge in [-0.15, -0.1) is 0 Å². The number of imidazole rings is 2. The average Bonchev–Trinajstić information content (AvgIpc) is 3.48. The third kappa shape index (κ3) is 7.57. The number of hydrogen-bond acceptors (Lipinski definition) is 14. The predicted octanol–water partition coefficient (Wildman–Crippen LogP) is -2.13. The number of aliphatic hydroxyl groups excluding tert-OH is 1. The molecule has 0 radical (unpaired) electrons. The Hall–Kier alpha value is -4.39. The van der Waals surface area contributed by atoms with Crippen LogP contribution in [0.25, 0.3) is 22.3 Å². The molecule has 0 aromatic carbocycles. The quantitative estimate of drug-likeness (QED) is 0.0861. The Bertz CT molecular complexity index is 1510. The van der Waals surface area contributed by atoms with Crippen LogP contribution in [0.2, 0.25) is 0 Å². The van der Waals surface area contributed by atoms with Gasteiger partial charge in [-0.25, -0.2) is 9.97 Å². The van der Waals surface area contributed by atoms with Gasteiger partial charge < -0.3 is 36.5 Å². The average molecular weight is 550 g/mol. The number of nitrogens with one attached hydrogen (secondary N) is 2. The molecule has 0 spiro atoms. The van der Waals surface area contributed by atoms with Gasteiger partial charge in [-0.1, -0.05) is 13.8 Å². The zero-order valence-electron chi connectivity index (χ0n) is 21.4. The molecule has 18 nitrogen and oxygen atoms in total. The standard InChI is InChI=1S/C13H20N6O4.C8H11N5O3/c1-7(2)8(14)12(21)23-4-3-22-6-19-5-16-9-10(19)17-13(15)18-11(9)20;9-8-11-6-5(7(15)12-8)10-3-13(6)4-16-2-1-14/h5,7-8H,3-4,6,14H2,1-2H3,(H3,15,17,18,20);3,14H,1-2,4H2,(H3,9,11,12,15)/t8-;/m0./s1. The Morgan fingerprint density at radius 1 is 0.923 bits per heavy atom. The van der Waals surface area contributed by atoms with Crippen molar-refractivity contribution >= 4 is 40.2 Å². The van der Waals surface area contributed by atoms with Crippen molar-refractivity contribution in [1.29, 1.82) is 0 Å². The fourth-order valence-electron chi connectivity index (χ4n) is 3.09. The highest BCUT2D eigenvalue weighted by Crippen LogP contribution is 2.07. The molecular weight excluding hydrogens is 518 g/mol. The van der Waals surface area contributed by atoms with E-state index in [4.69, 9.17) is 36.5 Å². The molecule has 39 heavy (non-hydrogen) atoms. The summed E-state index contributed by atoms with van der Waals surface area (Å²) in [6, 6.07) is -0.647. The maximum absolute atomic E-state index is 11.6. The molecule has 4 aromatic heterocycles. The number of H-pyrrole nitrogens is 2. The Labute approximate surface area is 220 Å². The Morgan fingerprint density at radius 2 is 1.41 bits per heavy atom. The van der Waals surface area contributed by atoms with Crippen molar-refractivity contribution in [2.45, 2.75) is 33.4 Å². The van der Waals surface area contributed by atoms with Crippen LogP contribution in [0.4, 0.5) is 11.9 Å². The lowest BCUT2D eigenvalue weighted by molar-refractivity contribution is -0.148. The van der Waals surface area contributed by atoms with Crippen molar-refractivity contribution in [3.63, 3.8) is 0 Å². The number of ether oxygens (including phenoxy) is 3. The first kappa shape index (κ1) is 29.2. The van der Waals surface area contributed by atoms with Crippen molar-refractivity contribution in [2.24, 2.45) is 11.7 Å². The highest BCUT2D eigenvalue weighted by molar-refractivity contribution is 5.75. The molecule has 1 atom stereocenters. The summed E-state index contributed by atoms with van der Waals surface area (Å²) in [5, 5.41) is 8.56. The van der Waals surface area contributed by atoms with Crippen molar-refractivity contribution in [1.82, 2.24) is 39.0 Å². The Kier molecular flexibility index (Phi) is 10.0. The lowest BCUT2D eigenvalue weighted by Crippen LogP contribution is -2.37. The summed E-state index contributed by atoms with van der Waals surface area (Å²) in [6.07, 6.45) is 2.86. The summed E-state index contributed by atoms with van der Waals surface area (Å²) < 4.78 is 18.5. The van der Waals surface area contributed by atoms with Crippen LogP contribution in [-0.2, 0) is 32.5 Å². The first-order valence-corrected chi connectivity index (χ1v) is 11.7. The second kappa shape index (κ2) is 13.4. The maximum atomic E-state index is 11.6. The van der Waals surface area contributed by atoms with E-state index in [1.807, 2.05) is 13.8 Å². The largest absolute Gasteiger partial charge is 0.462 e.